The van der Waals surface area contributed by atoms with Gasteiger partial charge in [-0.3, -0.25) is 0 Å². The third kappa shape index (κ3) is 2.84. The Morgan fingerprint density at radius 1 is 1.50 bits per heavy atom. The number of methoxy groups -OCH3 is 1. The summed E-state index contributed by atoms with van der Waals surface area (Å²) in [6, 6.07) is 5.91. The number of H-pyrrole nitrogens is 1. The number of hydrogen-bond acceptors (Lipinski definition) is 3. The van der Waals surface area contributed by atoms with Crippen molar-refractivity contribution in [3.05, 3.63) is 42.2 Å². The molecule has 0 saturated carbocycles. The Bertz CT molecular complexity index is 545. The molecule has 1 aromatic heterocycles. The number of nitrogen functional groups attached to an aromatic ring is 1. The molecule has 0 aliphatic heterocycles. The largest absolute Gasteiger partial charge is 0.399 e. The molecule has 0 amide bonds. The van der Waals surface area contributed by atoms with Crippen LogP contribution in [0.1, 0.15) is 5.56 Å². The molecular weight excluding hydrogens is 226 g/mol. The van der Waals surface area contributed by atoms with Crippen molar-refractivity contribution in [3.63, 3.8) is 0 Å². The Kier molecular flexibility index (Phi) is 3.89. The van der Waals surface area contributed by atoms with Crippen molar-refractivity contribution >= 4 is 16.6 Å². The first kappa shape index (κ1) is 12.5. The fourth-order valence-corrected chi connectivity index (χ4v) is 2.00. The van der Waals surface area contributed by atoms with Gasteiger partial charge in [-0.1, -0.05) is 6.58 Å². The maximum absolute atomic E-state index is 5.81. The number of rotatable bonds is 6. The summed E-state index contributed by atoms with van der Waals surface area (Å²) in [5, 5.41) is 4.43. The van der Waals surface area contributed by atoms with Gasteiger partial charge in [0.2, 0.25) is 0 Å². The van der Waals surface area contributed by atoms with Crippen LogP contribution in [0.2, 0.25) is 0 Å². The normalized spacial score (nSPS) is 10.7. The highest BCUT2D eigenvalue weighted by Crippen LogP contribution is 2.21. The molecule has 0 fully saturated rings. The molecule has 0 atom stereocenters. The molecule has 18 heavy (non-hydrogen) atoms. The fraction of sp³-hybridized carbons (Fsp3) is 0.286. The smallest absolute Gasteiger partial charge is 0.0852 e. The molecule has 0 saturated heterocycles. The van der Waals surface area contributed by atoms with Crippen LogP contribution in [0.3, 0.4) is 0 Å². The summed E-state index contributed by atoms with van der Waals surface area (Å²) in [7, 11) is 1.66. The van der Waals surface area contributed by atoms with Gasteiger partial charge < -0.3 is 20.8 Å². The zero-order valence-corrected chi connectivity index (χ0v) is 10.6. The second kappa shape index (κ2) is 5.60. The van der Waals surface area contributed by atoms with Gasteiger partial charge in [-0.2, -0.15) is 0 Å². The Balaban J connectivity index is 1.99. The summed E-state index contributed by atoms with van der Waals surface area (Å²) in [5.41, 5.74) is 9.88. The molecule has 4 nitrogen and oxygen atoms in total. The Morgan fingerprint density at radius 2 is 2.33 bits per heavy atom. The van der Waals surface area contributed by atoms with Gasteiger partial charge in [-0.05, 0) is 30.2 Å². The minimum atomic E-state index is 0.542. The van der Waals surface area contributed by atoms with E-state index in [2.05, 4.69) is 16.9 Å². The summed E-state index contributed by atoms with van der Waals surface area (Å²) >= 11 is 0. The van der Waals surface area contributed by atoms with Crippen LogP contribution < -0.4 is 11.1 Å². The molecular formula is C14H19N3O. The SMILES string of the molecule is C=C(COC)NCCc1c[nH]c2ccc(N)cc12. The number of aromatic amines is 1. The van der Waals surface area contributed by atoms with E-state index in [0.29, 0.717) is 6.61 Å². The van der Waals surface area contributed by atoms with Gasteiger partial charge in [0.25, 0.3) is 0 Å². The number of anilines is 1. The number of fused-ring (bicyclic) bond motifs is 1. The summed E-state index contributed by atoms with van der Waals surface area (Å²) in [4.78, 5) is 3.25. The first-order chi connectivity index (χ1) is 8.70. The van der Waals surface area contributed by atoms with Crippen LogP contribution in [0.25, 0.3) is 10.9 Å². The molecule has 2 aromatic rings. The van der Waals surface area contributed by atoms with Crippen LogP contribution in [0.4, 0.5) is 5.69 Å². The Labute approximate surface area is 107 Å². The van der Waals surface area contributed by atoms with Gasteiger partial charge >= 0.3 is 0 Å². The van der Waals surface area contributed by atoms with Crippen LogP contribution >= 0.6 is 0 Å². The standard InChI is InChI=1S/C14H19N3O/c1-10(9-18-2)16-6-5-11-8-17-14-4-3-12(15)7-13(11)14/h3-4,7-8,16-17H,1,5-6,9,15H2,2H3. The number of nitrogens with two attached hydrogens (primary N) is 1. The van der Waals surface area contributed by atoms with Gasteiger partial charge in [0.05, 0.1) is 6.61 Å². The van der Waals surface area contributed by atoms with E-state index in [1.807, 2.05) is 24.4 Å². The van der Waals surface area contributed by atoms with E-state index in [1.165, 1.54) is 10.9 Å². The van der Waals surface area contributed by atoms with Crippen LogP contribution in [0, 0.1) is 0 Å². The van der Waals surface area contributed by atoms with Gasteiger partial charge in [0, 0.05) is 42.1 Å². The summed E-state index contributed by atoms with van der Waals surface area (Å²) in [6.07, 6.45) is 2.96. The van der Waals surface area contributed by atoms with E-state index in [-0.39, 0.29) is 0 Å². The highest BCUT2D eigenvalue weighted by atomic mass is 16.5. The summed E-state index contributed by atoms with van der Waals surface area (Å²) in [5.74, 6) is 0. The molecule has 0 bridgehead atoms. The number of benzene rings is 1. The predicted molar refractivity (Wildman–Crippen MR) is 75.4 cm³/mol. The lowest BCUT2D eigenvalue weighted by atomic mass is 10.1. The average molecular weight is 245 g/mol. The molecule has 1 aromatic carbocycles. The van der Waals surface area contributed by atoms with Gasteiger partial charge in [0.1, 0.15) is 0 Å². The zero-order valence-electron chi connectivity index (χ0n) is 10.6. The third-order valence-corrected chi connectivity index (χ3v) is 2.88. The minimum absolute atomic E-state index is 0.542. The number of nitrogens with one attached hydrogen (secondary N) is 2. The van der Waals surface area contributed by atoms with Crippen LogP contribution in [0.15, 0.2) is 36.7 Å². The van der Waals surface area contributed by atoms with Crippen molar-refractivity contribution in [2.45, 2.75) is 6.42 Å². The van der Waals surface area contributed by atoms with Gasteiger partial charge in [-0.15, -0.1) is 0 Å². The van der Waals surface area contributed by atoms with Gasteiger partial charge in [0.15, 0.2) is 0 Å². The van der Waals surface area contributed by atoms with E-state index in [4.69, 9.17) is 10.5 Å². The van der Waals surface area contributed by atoms with Crippen molar-refractivity contribution in [3.8, 4) is 0 Å². The van der Waals surface area contributed by atoms with E-state index >= 15 is 0 Å². The zero-order chi connectivity index (χ0) is 13.0. The van der Waals surface area contributed by atoms with Crippen LogP contribution in [0.5, 0.6) is 0 Å². The van der Waals surface area contributed by atoms with Crippen LogP contribution in [-0.2, 0) is 11.2 Å². The molecule has 0 radical (unpaired) electrons. The molecule has 96 valence electrons. The summed E-state index contributed by atoms with van der Waals surface area (Å²) in [6.45, 7) is 5.26. The molecule has 2 rings (SSSR count). The number of ether oxygens (including phenoxy) is 1. The second-order valence-corrected chi connectivity index (χ2v) is 4.33. The fourth-order valence-electron chi connectivity index (χ4n) is 2.00. The Hall–Kier alpha value is -1.94. The minimum Gasteiger partial charge on any atom is -0.399 e. The molecule has 4 N–H and O–H groups in total. The summed E-state index contributed by atoms with van der Waals surface area (Å²) < 4.78 is 4.99. The monoisotopic (exact) mass is 245 g/mol. The number of hydrogen-bond donors (Lipinski definition) is 3. The lowest BCUT2D eigenvalue weighted by Crippen LogP contribution is -2.18. The van der Waals surface area contributed by atoms with E-state index in [9.17, 15) is 0 Å². The van der Waals surface area contributed by atoms with Gasteiger partial charge in [-0.25, -0.2) is 0 Å². The third-order valence-electron chi connectivity index (χ3n) is 2.88. The van der Waals surface area contributed by atoms with Crippen molar-refractivity contribution in [1.82, 2.24) is 10.3 Å². The second-order valence-electron chi connectivity index (χ2n) is 4.33. The maximum atomic E-state index is 5.81. The lowest BCUT2D eigenvalue weighted by molar-refractivity contribution is 0.220. The first-order valence-corrected chi connectivity index (χ1v) is 5.97. The topological polar surface area (TPSA) is 63.1 Å². The van der Waals surface area contributed by atoms with E-state index in [1.54, 1.807) is 7.11 Å². The Morgan fingerprint density at radius 3 is 3.11 bits per heavy atom. The molecule has 0 spiro atoms. The van der Waals surface area contributed by atoms with Crippen molar-refractivity contribution < 1.29 is 4.74 Å². The van der Waals surface area contributed by atoms with Crippen molar-refractivity contribution in [2.24, 2.45) is 0 Å². The predicted octanol–water partition coefficient (Wildman–Crippen LogP) is 2.04. The molecule has 1 heterocycles. The van der Waals surface area contributed by atoms with Crippen molar-refractivity contribution in [2.75, 3.05) is 26.0 Å². The van der Waals surface area contributed by atoms with E-state index in [0.717, 1.165) is 29.9 Å². The quantitative estimate of drug-likeness (QED) is 0.682. The molecule has 0 aliphatic carbocycles. The van der Waals surface area contributed by atoms with Crippen LogP contribution in [-0.4, -0.2) is 25.2 Å². The molecule has 0 unspecified atom stereocenters. The highest BCUT2D eigenvalue weighted by Gasteiger charge is 2.03. The molecule has 0 aliphatic rings. The van der Waals surface area contributed by atoms with Crippen molar-refractivity contribution in [1.29, 1.82) is 0 Å². The maximum Gasteiger partial charge on any atom is 0.0852 e. The highest BCUT2D eigenvalue weighted by molar-refractivity contribution is 5.86. The molecule has 4 heteroatoms. The lowest BCUT2D eigenvalue weighted by Gasteiger charge is -2.07. The average Bonchev–Trinajstić information content (AvgIpc) is 2.72. The number of aromatic nitrogens is 1. The first-order valence-electron chi connectivity index (χ1n) is 5.97. The van der Waals surface area contributed by atoms with E-state index < -0.39 is 0 Å².